The van der Waals surface area contributed by atoms with Gasteiger partial charge < -0.3 is 9.47 Å². The third-order valence-corrected chi connectivity index (χ3v) is 3.55. The lowest BCUT2D eigenvalue weighted by Crippen LogP contribution is -2.33. The van der Waals surface area contributed by atoms with Gasteiger partial charge in [0.05, 0.1) is 13.3 Å². The Hall–Kier alpha value is -2.53. The summed E-state index contributed by atoms with van der Waals surface area (Å²) < 4.78 is 10.7. The second-order valence-electron chi connectivity index (χ2n) is 5.18. The molecule has 2 aromatic rings. The van der Waals surface area contributed by atoms with Crippen LogP contribution in [-0.2, 0) is 4.79 Å². The van der Waals surface area contributed by atoms with Crippen LogP contribution in [0.3, 0.4) is 0 Å². The molecule has 0 saturated carbocycles. The van der Waals surface area contributed by atoms with E-state index in [4.69, 9.17) is 21.1 Å². The summed E-state index contributed by atoms with van der Waals surface area (Å²) in [7, 11) is 1.60. The number of halogens is 1. The van der Waals surface area contributed by atoms with E-state index in [-0.39, 0.29) is 5.91 Å². The van der Waals surface area contributed by atoms with Crippen molar-refractivity contribution in [3.05, 3.63) is 58.6 Å². The summed E-state index contributed by atoms with van der Waals surface area (Å²) in [6, 6.07) is 12.6. The molecule has 6 heteroatoms. The highest BCUT2D eigenvalue weighted by Crippen LogP contribution is 2.22. The quantitative estimate of drug-likeness (QED) is 0.642. The number of aryl methyl sites for hydroxylation is 1. The Kier molecular flexibility index (Phi) is 6.21. The zero-order chi connectivity index (χ0) is 17.5. The van der Waals surface area contributed by atoms with E-state index in [2.05, 4.69) is 10.5 Å². The monoisotopic (exact) mass is 346 g/mol. The van der Waals surface area contributed by atoms with Crippen molar-refractivity contribution in [3.8, 4) is 11.5 Å². The van der Waals surface area contributed by atoms with Crippen LogP contribution in [0.5, 0.6) is 11.5 Å². The van der Waals surface area contributed by atoms with Crippen LogP contribution in [-0.4, -0.2) is 25.3 Å². The number of carbonyl (C=O) groups excluding carboxylic acids is 1. The lowest BCUT2D eigenvalue weighted by Gasteiger charge is -2.14. The van der Waals surface area contributed by atoms with Crippen molar-refractivity contribution in [1.82, 2.24) is 5.43 Å². The van der Waals surface area contributed by atoms with Crippen molar-refractivity contribution < 1.29 is 14.3 Å². The van der Waals surface area contributed by atoms with E-state index in [0.717, 1.165) is 16.9 Å². The summed E-state index contributed by atoms with van der Waals surface area (Å²) in [5, 5.41) is 4.56. The SMILES string of the molecule is COc1ccc(/C=N\NC(=O)[C@H](C)Oc2ccc(Cl)cc2C)cc1. The summed E-state index contributed by atoms with van der Waals surface area (Å²) in [4.78, 5) is 12.0. The van der Waals surface area contributed by atoms with Crippen LogP contribution < -0.4 is 14.9 Å². The normalized spacial score (nSPS) is 12.0. The van der Waals surface area contributed by atoms with Crippen LogP contribution in [0, 0.1) is 6.92 Å². The lowest BCUT2D eigenvalue weighted by atomic mass is 10.2. The molecule has 0 bridgehead atoms. The molecule has 1 N–H and O–H groups in total. The molecule has 24 heavy (non-hydrogen) atoms. The molecule has 2 rings (SSSR count). The maximum Gasteiger partial charge on any atom is 0.280 e. The third kappa shape index (κ3) is 4.99. The van der Waals surface area contributed by atoms with Crippen LogP contribution in [0.4, 0.5) is 0 Å². The van der Waals surface area contributed by atoms with E-state index in [9.17, 15) is 4.79 Å². The van der Waals surface area contributed by atoms with E-state index in [0.29, 0.717) is 10.8 Å². The number of hydrogen-bond donors (Lipinski definition) is 1. The molecule has 126 valence electrons. The van der Waals surface area contributed by atoms with Crippen molar-refractivity contribution >= 4 is 23.7 Å². The maximum atomic E-state index is 12.0. The summed E-state index contributed by atoms with van der Waals surface area (Å²) in [6.45, 7) is 3.53. The maximum absolute atomic E-state index is 12.0. The summed E-state index contributed by atoms with van der Waals surface area (Å²) >= 11 is 5.90. The molecule has 2 aromatic carbocycles. The Morgan fingerprint density at radius 2 is 1.96 bits per heavy atom. The minimum Gasteiger partial charge on any atom is -0.497 e. The summed E-state index contributed by atoms with van der Waals surface area (Å²) in [6.07, 6.45) is 0.871. The van der Waals surface area contributed by atoms with Gasteiger partial charge in [0.2, 0.25) is 0 Å². The molecule has 0 saturated heterocycles. The van der Waals surface area contributed by atoms with Crippen LogP contribution >= 0.6 is 11.6 Å². The highest BCUT2D eigenvalue weighted by atomic mass is 35.5. The van der Waals surface area contributed by atoms with Gasteiger partial charge in [-0.2, -0.15) is 5.10 Å². The molecule has 0 fully saturated rings. The van der Waals surface area contributed by atoms with E-state index in [1.54, 1.807) is 38.4 Å². The molecule has 1 atom stereocenters. The van der Waals surface area contributed by atoms with Crippen LogP contribution in [0.15, 0.2) is 47.6 Å². The molecule has 0 aliphatic rings. The molecular weight excluding hydrogens is 328 g/mol. The fourth-order valence-electron chi connectivity index (χ4n) is 1.94. The molecule has 0 aliphatic carbocycles. The smallest absolute Gasteiger partial charge is 0.280 e. The number of methoxy groups -OCH3 is 1. The number of nitrogens with zero attached hydrogens (tertiary/aromatic N) is 1. The molecule has 0 radical (unpaired) electrons. The minimum atomic E-state index is -0.683. The standard InChI is InChI=1S/C18H19ClN2O3/c1-12-10-15(19)6-9-17(12)24-13(2)18(22)21-20-11-14-4-7-16(23-3)8-5-14/h4-11,13H,1-3H3,(H,21,22)/b20-11-/t13-/m0/s1. The lowest BCUT2D eigenvalue weighted by molar-refractivity contribution is -0.127. The van der Waals surface area contributed by atoms with Crippen molar-refractivity contribution in [3.63, 3.8) is 0 Å². The average Bonchev–Trinajstić information content (AvgIpc) is 2.57. The Bertz CT molecular complexity index is 730. The Labute approximate surface area is 146 Å². The van der Waals surface area contributed by atoms with E-state index in [1.807, 2.05) is 31.2 Å². The van der Waals surface area contributed by atoms with Gasteiger partial charge in [-0.3, -0.25) is 4.79 Å². The van der Waals surface area contributed by atoms with Gasteiger partial charge in [-0.25, -0.2) is 5.43 Å². The number of ether oxygens (including phenoxy) is 2. The molecular formula is C18H19ClN2O3. The highest BCUT2D eigenvalue weighted by Gasteiger charge is 2.15. The molecule has 5 nitrogen and oxygen atoms in total. The van der Waals surface area contributed by atoms with E-state index < -0.39 is 6.10 Å². The van der Waals surface area contributed by atoms with Crippen molar-refractivity contribution in [2.75, 3.05) is 7.11 Å². The summed E-state index contributed by atoms with van der Waals surface area (Å²) in [5.74, 6) is 1.03. The first-order chi connectivity index (χ1) is 11.5. The van der Waals surface area contributed by atoms with Gasteiger partial charge in [-0.1, -0.05) is 11.6 Å². The number of benzene rings is 2. The highest BCUT2D eigenvalue weighted by molar-refractivity contribution is 6.30. The van der Waals surface area contributed by atoms with Gasteiger partial charge >= 0.3 is 0 Å². The van der Waals surface area contributed by atoms with Crippen molar-refractivity contribution in [2.24, 2.45) is 5.10 Å². The van der Waals surface area contributed by atoms with Gasteiger partial charge in [0.25, 0.3) is 5.91 Å². The molecule has 0 heterocycles. The molecule has 0 unspecified atom stereocenters. The second-order valence-corrected chi connectivity index (χ2v) is 5.61. The zero-order valence-electron chi connectivity index (χ0n) is 13.7. The number of hydrogen-bond acceptors (Lipinski definition) is 4. The molecule has 1 amide bonds. The molecule has 0 aliphatic heterocycles. The van der Waals surface area contributed by atoms with Crippen molar-refractivity contribution in [1.29, 1.82) is 0 Å². The van der Waals surface area contributed by atoms with Gasteiger partial charge in [0.1, 0.15) is 11.5 Å². The number of amides is 1. The van der Waals surface area contributed by atoms with Gasteiger partial charge in [-0.05, 0) is 67.4 Å². The van der Waals surface area contributed by atoms with Crippen LogP contribution in [0.2, 0.25) is 5.02 Å². The predicted octanol–water partition coefficient (Wildman–Crippen LogP) is 3.57. The number of nitrogens with one attached hydrogen (secondary N) is 1. The minimum absolute atomic E-state index is 0.339. The topological polar surface area (TPSA) is 59.9 Å². The molecule has 0 spiro atoms. The Morgan fingerprint density at radius 3 is 2.58 bits per heavy atom. The number of carbonyl (C=O) groups is 1. The largest absolute Gasteiger partial charge is 0.497 e. The first-order valence-electron chi connectivity index (χ1n) is 7.39. The van der Waals surface area contributed by atoms with Crippen molar-refractivity contribution in [2.45, 2.75) is 20.0 Å². The van der Waals surface area contributed by atoms with Gasteiger partial charge in [0.15, 0.2) is 6.10 Å². The van der Waals surface area contributed by atoms with Gasteiger partial charge in [-0.15, -0.1) is 0 Å². The van der Waals surface area contributed by atoms with E-state index >= 15 is 0 Å². The first kappa shape index (κ1) is 17.8. The zero-order valence-corrected chi connectivity index (χ0v) is 14.5. The Balaban J connectivity index is 1.89. The van der Waals surface area contributed by atoms with E-state index in [1.165, 1.54) is 0 Å². The van der Waals surface area contributed by atoms with Gasteiger partial charge in [0, 0.05) is 5.02 Å². The first-order valence-corrected chi connectivity index (χ1v) is 7.77. The van der Waals surface area contributed by atoms with Crippen LogP contribution in [0.1, 0.15) is 18.1 Å². The number of rotatable bonds is 6. The summed E-state index contributed by atoms with van der Waals surface area (Å²) in [5.41, 5.74) is 4.17. The molecule has 0 aromatic heterocycles. The third-order valence-electron chi connectivity index (χ3n) is 3.31. The second kappa shape index (κ2) is 8.36. The van der Waals surface area contributed by atoms with Crippen LogP contribution in [0.25, 0.3) is 0 Å². The fraction of sp³-hybridized carbons (Fsp3) is 0.222. The number of hydrazone groups is 1. The average molecular weight is 347 g/mol. The fourth-order valence-corrected chi connectivity index (χ4v) is 2.17. The predicted molar refractivity (Wildman–Crippen MR) is 95.0 cm³/mol. The Morgan fingerprint density at radius 1 is 1.25 bits per heavy atom.